The summed E-state index contributed by atoms with van der Waals surface area (Å²) in [6, 6.07) is 4.87. The number of aromatic carboxylic acids is 1. The number of carboxylic acids is 1. The van der Waals surface area contributed by atoms with Crippen LogP contribution in [0.25, 0.3) is 0 Å². The maximum Gasteiger partial charge on any atom is 0.339 e. The smallest absolute Gasteiger partial charge is 0.339 e. The summed E-state index contributed by atoms with van der Waals surface area (Å²) < 4.78 is 10.7. The molecule has 1 fully saturated rings. The van der Waals surface area contributed by atoms with Gasteiger partial charge in [-0.15, -0.1) is 0 Å². The van der Waals surface area contributed by atoms with Gasteiger partial charge in [0.15, 0.2) is 0 Å². The molecule has 0 atom stereocenters. The van der Waals surface area contributed by atoms with Crippen LogP contribution in [0, 0.1) is 5.92 Å². The standard InChI is InChI=1S/C14H18O4/c1-17-11-6-7-13(12(8-11)14(15)16)18-9-10-4-2-3-5-10/h6-8,10H,2-5,9H2,1H3,(H,15,16). The van der Waals surface area contributed by atoms with Gasteiger partial charge in [-0.1, -0.05) is 12.8 Å². The highest BCUT2D eigenvalue weighted by molar-refractivity contribution is 5.91. The van der Waals surface area contributed by atoms with Crippen molar-refractivity contribution < 1.29 is 19.4 Å². The Morgan fingerprint density at radius 1 is 1.39 bits per heavy atom. The summed E-state index contributed by atoms with van der Waals surface area (Å²) in [5.41, 5.74) is 0.160. The molecule has 0 aromatic heterocycles. The van der Waals surface area contributed by atoms with E-state index in [-0.39, 0.29) is 5.56 Å². The number of methoxy groups -OCH3 is 1. The summed E-state index contributed by atoms with van der Waals surface area (Å²) >= 11 is 0. The van der Waals surface area contributed by atoms with Crippen LogP contribution in [0.5, 0.6) is 11.5 Å². The summed E-state index contributed by atoms with van der Waals surface area (Å²) in [6.07, 6.45) is 4.86. The Balaban J connectivity index is 2.08. The Hall–Kier alpha value is -1.71. The maximum absolute atomic E-state index is 11.2. The van der Waals surface area contributed by atoms with Crippen molar-refractivity contribution >= 4 is 5.97 Å². The topological polar surface area (TPSA) is 55.8 Å². The summed E-state index contributed by atoms with van der Waals surface area (Å²) in [4.78, 5) is 11.2. The van der Waals surface area contributed by atoms with E-state index in [0.29, 0.717) is 24.0 Å². The molecule has 18 heavy (non-hydrogen) atoms. The first-order valence-corrected chi connectivity index (χ1v) is 6.25. The van der Waals surface area contributed by atoms with Crippen LogP contribution in [0.1, 0.15) is 36.0 Å². The van der Waals surface area contributed by atoms with Gasteiger partial charge in [-0.05, 0) is 37.0 Å². The normalized spacial score (nSPS) is 15.6. The van der Waals surface area contributed by atoms with E-state index in [1.165, 1.54) is 38.9 Å². The predicted molar refractivity (Wildman–Crippen MR) is 67.4 cm³/mol. The lowest BCUT2D eigenvalue weighted by atomic mass is 10.1. The zero-order valence-electron chi connectivity index (χ0n) is 10.5. The highest BCUT2D eigenvalue weighted by Crippen LogP contribution is 2.28. The predicted octanol–water partition coefficient (Wildman–Crippen LogP) is 2.96. The van der Waals surface area contributed by atoms with Crippen molar-refractivity contribution in [2.45, 2.75) is 25.7 Å². The molecule has 98 valence electrons. The van der Waals surface area contributed by atoms with Crippen molar-refractivity contribution in [1.82, 2.24) is 0 Å². The van der Waals surface area contributed by atoms with E-state index < -0.39 is 5.97 Å². The SMILES string of the molecule is COc1ccc(OCC2CCCC2)c(C(=O)O)c1. The molecule has 1 aliphatic rings. The second-order valence-electron chi connectivity index (χ2n) is 4.63. The van der Waals surface area contributed by atoms with E-state index in [4.69, 9.17) is 14.6 Å². The molecule has 2 rings (SSSR count). The van der Waals surface area contributed by atoms with Crippen molar-refractivity contribution in [3.8, 4) is 11.5 Å². The average Bonchev–Trinajstić information content (AvgIpc) is 2.89. The molecular formula is C14H18O4. The van der Waals surface area contributed by atoms with Crippen LogP contribution in [0.2, 0.25) is 0 Å². The quantitative estimate of drug-likeness (QED) is 0.872. The number of ether oxygens (including phenoxy) is 2. The first-order valence-electron chi connectivity index (χ1n) is 6.25. The third-order valence-electron chi connectivity index (χ3n) is 3.37. The Morgan fingerprint density at radius 3 is 2.72 bits per heavy atom. The Kier molecular flexibility index (Phi) is 4.07. The van der Waals surface area contributed by atoms with Gasteiger partial charge in [-0.3, -0.25) is 0 Å². The minimum absolute atomic E-state index is 0.160. The second-order valence-corrected chi connectivity index (χ2v) is 4.63. The molecule has 1 saturated carbocycles. The fourth-order valence-corrected chi connectivity index (χ4v) is 2.31. The first kappa shape index (κ1) is 12.7. The van der Waals surface area contributed by atoms with E-state index in [1.807, 2.05) is 0 Å². The third kappa shape index (κ3) is 2.94. The number of rotatable bonds is 5. The maximum atomic E-state index is 11.2. The van der Waals surface area contributed by atoms with Crippen molar-refractivity contribution in [3.63, 3.8) is 0 Å². The largest absolute Gasteiger partial charge is 0.497 e. The summed E-state index contributed by atoms with van der Waals surface area (Å²) in [5.74, 6) is 0.528. The lowest BCUT2D eigenvalue weighted by molar-refractivity contribution is 0.0691. The second kappa shape index (κ2) is 5.76. The van der Waals surface area contributed by atoms with Gasteiger partial charge in [0.25, 0.3) is 0 Å². The fraction of sp³-hybridized carbons (Fsp3) is 0.500. The average molecular weight is 250 g/mol. The van der Waals surface area contributed by atoms with Crippen LogP contribution in [0.4, 0.5) is 0 Å². The van der Waals surface area contributed by atoms with E-state index >= 15 is 0 Å². The van der Waals surface area contributed by atoms with Crippen LogP contribution in [0.3, 0.4) is 0 Å². The van der Waals surface area contributed by atoms with E-state index in [9.17, 15) is 4.79 Å². The van der Waals surface area contributed by atoms with Crippen LogP contribution >= 0.6 is 0 Å². The van der Waals surface area contributed by atoms with Crippen molar-refractivity contribution in [1.29, 1.82) is 0 Å². The lowest BCUT2D eigenvalue weighted by Gasteiger charge is -2.13. The monoisotopic (exact) mass is 250 g/mol. The van der Waals surface area contributed by atoms with Gasteiger partial charge < -0.3 is 14.6 Å². The summed E-state index contributed by atoms with van der Waals surface area (Å²) in [7, 11) is 1.51. The van der Waals surface area contributed by atoms with E-state index in [0.717, 1.165) is 0 Å². The lowest BCUT2D eigenvalue weighted by Crippen LogP contribution is -2.10. The molecule has 0 bridgehead atoms. The van der Waals surface area contributed by atoms with Crippen LogP contribution in [-0.4, -0.2) is 24.8 Å². The van der Waals surface area contributed by atoms with Gasteiger partial charge in [-0.25, -0.2) is 4.79 Å². The summed E-state index contributed by atoms with van der Waals surface area (Å²) in [6.45, 7) is 0.604. The van der Waals surface area contributed by atoms with Crippen LogP contribution < -0.4 is 9.47 Å². The first-order chi connectivity index (χ1) is 8.70. The summed E-state index contributed by atoms with van der Waals surface area (Å²) in [5, 5.41) is 9.14. The minimum Gasteiger partial charge on any atom is -0.497 e. The zero-order chi connectivity index (χ0) is 13.0. The van der Waals surface area contributed by atoms with E-state index in [2.05, 4.69) is 0 Å². The van der Waals surface area contributed by atoms with Crippen molar-refractivity contribution in [2.75, 3.05) is 13.7 Å². The highest BCUT2D eigenvalue weighted by Gasteiger charge is 2.18. The van der Waals surface area contributed by atoms with Gasteiger partial charge in [-0.2, -0.15) is 0 Å². The molecule has 1 aliphatic carbocycles. The Bertz CT molecular complexity index is 422. The van der Waals surface area contributed by atoms with Crippen LogP contribution in [0.15, 0.2) is 18.2 Å². The molecule has 0 unspecified atom stereocenters. The number of carbonyl (C=O) groups is 1. The van der Waals surface area contributed by atoms with E-state index in [1.54, 1.807) is 12.1 Å². The number of benzene rings is 1. The van der Waals surface area contributed by atoms with Crippen molar-refractivity contribution in [3.05, 3.63) is 23.8 Å². The van der Waals surface area contributed by atoms with Crippen molar-refractivity contribution in [2.24, 2.45) is 5.92 Å². The Morgan fingerprint density at radius 2 is 2.11 bits per heavy atom. The molecule has 4 heteroatoms. The van der Waals surface area contributed by atoms with Gasteiger partial charge in [0, 0.05) is 0 Å². The molecule has 1 N–H and O–H groups in total. The molecule has 4 nitrogen and oxygen atoms in total. The number of carboxylic acid groups (broad SMARTS) is 1. The highest BCUT2D eigenvalue weighted by atomic mass is 16.5. The fourth-order valence-electron chi connectivity index (χ4n) is 2.31. The van der Waals surface area contributed by atoms with Gasteiger partial charge in [0.1, 0.15) is 17.1 Å². The zero-order valence-corrected chi connectivity index (χ0v) is 10.5. The molecular weight excluding hydrogens is 232 g/mol. The molecule has 0 aliphatic heterocycles. The molecule has 1 aromatic carbocycles. The minimum atomic E-state index is -0.990. The van der Waals surface area contributed by atoms with Gasteiger partial charge in [0.2, 0.25) is 0 Å². The molecule has 0 spiro atoms. The third-order valence-corrected chi connectivity index (χ3v) is 3.37. The molecule has 0 saturated heterocycles. The molecule has 0 heterocycles. The molecule has 1 aromatic rings. The molecule has 0 radical (unpaired) electrons. The van der Waals surface area contributed by atoms with Gasteiger partial charge >= 0.3 is 5.97 Å². The van der Waals surface area contributed by atoms with Crippen LogP contribution in [-0.2, 0) is 0 Å². The number of hydrogen-bond acceptors (Lipinski definition) is 3. The van der Waals surface area contributed by atoms with Gasteiger partial charge in [0.05, 0.1) is 13.7 Å². The number of hydrogen-bond donors (Lipinski definition) is 1. The molecule has 0 amide bonds. The Labute approximate surface area is 107 Å².